The summed E-state index contributed by atoms with van der Waals surface area (Å²) in [5.74, 6) is 1.16. The molecule has 28 heavy (non-hydrogen) atoms. The number of nitrogens with zero attached hydrogens (tertiary/aromatic N) is 2. The molecule has 1 unspecified atom stereocenters. The van der Waals surface area contributed by atoms with Crippen molar-refractivity contribution in [3.05, 3.63) is 71.4 Å². The van der Waals surface area contributed by atoms with E-state index >= 15 is 0 Å². The maximum absolute atomic E-state index is 13.1. The molecule has 0 aliphatic carbocycles. The van der Waals surface area contributed by atoms with E-state index in [2.05, 4.69) is 23.2 Å². The van der Waals surface area contributed by atoms with Crippen molar-refractivity contribution in [3.63, 3.8) is 0 Å². The fraction of sp³-hybridized carbons (Fsp3) is 0.273. The topological polar surface area (TPSA) is 43.4 Å². The molecule has 3 heterocycles. The molecule has 2 aromatic carbocycles. The van der Waals surface area contributed by atoms with Crippen LogP contribution in [0.25, 0.3) is 21.5 Å². The second-order valence-corrected chi connectivity index (χ2v) is 8.34. The molecule has 0 amide bonds. The van der Waals surface area contributed by atoms with E-state index in [1.165, 1.54) is 39.6 Å². The minimum absolute atomic E-state index is 0.250. The largest absolute Gasteiger partial charge is 0.435 e. The third-order valence-corrected chi connectivity index (χ3v) is 6.55. The van der Waals surface area contributed by atoms with Gasteiger partial charge in [0.15, 0.2) is 17.3 Å². The van der Waals surface area contributed by atoms with E-state index in [1.807, 2.05) is 6.07 Å². The van der Waals surface area contributed by atoms with Crippen molar-refractivity contribution < 1.29 is 13.7 Å². The lowest BCUT2D eigenvalue weighted by molar-refractivity contribution is -0.951. The lowest BCUT2D eigenvalue weighted by Crippen LogP contribution is -3.11. The molecule has 1 N–H and O–H groups in total. The normalized spacial score (nSPS) is 19.9. The van der Waals surface area contributed by atoms with Gasteiger partial charge >= 0.3 is 0 Å². The van der Waals surface area contributed by atoms with Crippen LogP contribution in [0.5, 0.6) is 0 Å². The summed E-state index contributed by atoms with van der Waals surface area (Å²) in [7, 11) is 0. The van der Waals surface area contributed by atoms with E-state index < -0.39 is 0 Å². The van der Waals surface area contributed by atoms with Crippen molar-refractivity contribution in [1.82, 2.24) is 9.97 Å². The van der Waals surface area contributed by atoms with Gasteiger partial charge in [-0.3, -0.25) is 0 Å². The van der Waals surface area contributed by atoms with Crippen molar-refractivity contribution >= 4 is 21.6 Å². The number of para-hydroxylation sites is 1. The van der Waals surface area contributed by atoms with Gasteiger partial charge in [-0.2, -0.15) is 0 Å². The van der Waals surface area contributed by atoms with E-state index in [4.69, 9.17) is 9.40 Å². The Morgan fingerprint density at radius 3 is 2.82 bits per heavy atom. The van der Waals surface area contributed by atoms with Crippen LogP contribution in [0.2, 0.25) is 0 Å². The summed E-state index contributed by atoms with van der Waals surface area (Å²) in [6.45, 7) is 1.83. The van der Waals surface area contributed by atoms with Crippen molar-refractivity contribution in [2.45, 2.75) is 31.8 Å². The summed E-state index contributed by atoms with van der Waals surface area (Å²) in [5.41, 5.74) is 1.93. The second-order valence-electron chi connectivity index (χ2n) is 7.28. The standard InChI is InChI=1S/C22H20FN3OS/c23-16-10-8-15(9-11-16)19-13-24-21(27-19)14-26-12-4-3-6-18(26)22-25-17-5-1-2-7-20(17)28-22/h1-2,5,7-11,13,18H,3-4,6,12,14H2/p+1/t18-/m0/s1. The molecule has 142 valence electrons. The number of thiazole rings is 1. The van der Waals surface area contributed by atoms with Crippen LogP contribution in [0.4, 0.5) is 4.39 Å². The zero-order valence-corrected chi connectivity index (χ0v) is 16.2. The molecule has 2 aromatic heterocycles. The molecule has 0 spiro atoms. The number of hydrogen-bond donors (Lipinski definition) is 1. The Hall–Kier alpha value is -2.57. The Balaban J connectivity index is 1.38. The van der Waals surface area contributed by atoms with Crippen molar-refractivity contribution in [1.29, 1.82) is 0 Å². The number of hydrogen-bond acceptors (Lipinski definition) is 4. The van der Waals surface area contributed by atoms with E-state index in [-0.39, 0.29) is 5.82 Å². The highest BCUT2D eigenvalue weighted by atomic mass is 32.1. The van der Waals surface area contributed by atoms with Gasteiger partial charge in [-0.05, 0) is 49.2 Å². The van der Waals surface area contributed by atoms with Crippen LogP contribution in [-0.4, -0.2) is 16.5 Å². The van der Waals surface area contributed by atoms with Gasteiger partial charge < -0.3 is 9.32 Å². The Morgan fingerprint density at radius 1 is 1.11 bits per heavy atom. The first kappa shape index (κ1) is 17.5. The van der Waals surface area contributed by atoms with E-state index in [1.54, 1.807) is 29.7 Å². The fourth-order valence-corrected chi connectivity index (χ4v) is 5.12. The van der Waals surface area contributed by atoms with Gasteiger partial charge in [-0.15, -0.1) is 11.3 Å². The monoisotopic (exact) mass is 394 g/mol. The zero-order valence-electron chi connectivity index (χ0n) is 15.4. The first-order valence-electron chi connectivity index (χ1n) is 9.67. The number of nitrogens with one attached hydrogen (secondary N) is 1. The van der Waals surface area contributed by atoms with Crippen LogP contribution in [0.1, 0.15) is 36.2 Å². The molecule has 4 aromatic rings. The molecule has 1 aliphatic rings. The number of rotatable bonds is 4. The molecule has 6 heteroatoms. The molecule has 1 fully saturated rings. The molecule has 0 bridgehead atoms. The van der Waals surface area contributed by atoms with Crippen LogP contribution < -0.4 is 4.90 Å². The number of quaternary nitrogens is 1. The lowest BCUT2D eigenvalue weighted by Gasteiger charge is -2.30. The number of halogens is 1. The molecular weight excluding hydrogens is 373 g/mol. The fourth-order valence-electron chi connectivity index (χ4n) is 3.96. The molecular formula is C22H21FN3OS+. The molecule has 0 saturated carbocycles. The summed E-state index contributed by atoms with van der Waals surface area (Å²) in [6, 6.07) is 15.0. The van der Waals surface area contributed by atoms with Gasteiger partial charge in [-0.25, -0.2) is 14.4 Å². The minimum Gasteiger partial charge on any atom is -0.435 e. The van der Waals surface area contributed by atoms with Gasteiger partial charge in [0.2, 0.25) is 0 Å². The first-order chi connectivity index (χ1) is 13.8. The van der Waals surface area contributed by atoms with Crippen molar-refractivity contribution in [3.8, 4) is 11.3 Å². The summed E-state index contributed by atoms with van der Waals surface area (Å²) in [5, 5.41) is 1.21. The highest BCUT2D eigenvalue weighted by molar-refractivity contribution is 7.18. The summed E-state index contributed by atoms with van der Waals surface area (Å²) >= 11 is 1.80. The second kappa shape index (κ2) is 7.45. The van der Waals surface area contributed by atoms with Gasteiger partial charge in [0, 0.05) is 12.0 Å². The summed E-state index contributed by atoms with van der Waals surface area (Å²) in [6.07, 6.45) is 5.32. The number of fused-ring (bicyclic) bond motifs is 1. The smallest absolute Gasteiger partial charge is 0.250 e. The van der Waals surface area contributed by atoms with E-state index in [0.29, 0.717) is 11.8 Å². The number of aromatic nitrogens is 2. The van der Waals surface area contributed by atoms with Crippen molar-refractivity contribution in [2.75, 3.05) is 6.54 Å². The molecule has 4 nitrogen and oxygen atoms in total. The molecule has 0 radical (unpaired) electrons. The first-order valence-corrected chi connectivity index (χ1v) is 10.5. The lowest BCUT2D eigenvalue weighted by atomic mass is 10.0. The third kappa shape index (κ3) is 3.45. The van der Waals surface area contributed by atoms with Crippen LogP contribution in [0.15, 0.2) is 59.1 Å². The average molecular weight is 394 g/mol. The third-order valence-electron chi connectivity index (χ3n) is 5.40. The van der Waals surface area contributed by atoms with Crippen LogP contribution >= 0.6 is 11.3 Å². The average Bonchev–Trinajstić information content (AvgIpc) is 3.36. The van der Waals surface area contributed by atoms with Gasteiger partial charge in [0.25, 0.3) is 5.89 Å². The highest BCUT2D eigenvalue weighted by Crippen LogP contribution is 2.29. The number of oxazole rings is 1. The maximum Gasteiger partial charge on any atom is 0.250 e. The molecule has 1 saturated heterocycles. The van der Waals surface area contributed by atoms with Crippen LogP contribution in [0.3, 0.4) is 0 Å². The van der Waals surface area contributed by atoms with Crippen LogP contribution in [-0.2, 0) is 6.54 Å². The minimum atomic E-state index is -0.250. The van der Waals surface area contributed by atoms with Gasteiger partial charge in [-0.1, -0.05) is 12.1 Å². The molecule has 1 aliphatic heterocycles. The Labute approximate surface area is 166 Å². The molecule has 5 rings (SSSR count). The van der Waals surface area contributed by atoms with Gasteiger partial charge in [0.1, 0.15) is 11.9 Å². The summed E-state index contributed by atoms with van der Waals surface area (Å²) in [4.78, 5) is 10.8. The molecule has 2 atom stereocenters. The number of piperidine rings is 1. The number of benzene rings is 2. The Bertz CT molecular complexity index is 1060. The van der Waals surface area contributed by atoms with E-state index in [9.17, 15) is 4.39 Å². The maximum atomic E-state index is 13.1. The predicted octanol–water partition coefficient (Wildman–Crippen LogP) is 4.40. The Morgan fingerprint density at radius 2 is 1.96 bits per heavy atom. The quantitative estimate of drug-likeness (QED) is 0.558. The zero-order chi connectivity index (χ0) is 18.9. The van der Waals surface area contributed by atoms with E-state index in [0.717, 1.165) is 36.5 Å². The highest BCUT2D eigenvalue weighted by Gasteiger charge is 2.31. The SMILES string of the molecule is Fc1ccc(-c2cnc(C[NH+]3CCCC[C@H]3c3nc4ccccc4s3)o2)cc1. The number of likely N-dealkylation sites (tertiary alicyclic amines) is 1. The predicted molar refractivity (Wildman–Crippen MR) is 108 cm³/mol. The van der Waals surface area contributed by atoms with Crippen LogP contribution in [0, 0.1) is 5.82 Å². The van der Waals surface area contributed by atoms with Gasteiger partial charge in [0.05, 0.1) is 23.0 Å². The Kier molecular flexibility index (Phi) is 4.66. The van der Waals surface area contributed by atoms with Crippen molar-refractivity contribution in [2.24, 2.45) is 0 Å². The summed E-state index contributed by atoms with van der Waals surface area (Å²) < 4.78 is 20.4.